The molecule has 0 aromatic heterocycles. The molecule has 0 heterocycles. The van der Waals surface area contributed by atoms with E-state index in [4.69, 9.17) is 0 Å². The summed E-state index contributed by atoms with van der Waals surface area (Å²) in [5, 5.41) is 0. The van der Waals surface area contributed by atoms with Crippen LogP contribution in [0.2, 0.25) is 0 Å². The van der Waals surface area contributed by atoms with E-state index in [9.17, 15) is 4.79 Å². The molecule has 0 radical (unpaired) electrons. The van der Waals surface area contributed by atoms with Crippen molar-refractivity contribution in [3.05, 3.63) is 12.3 Å². The van der Waals surface area contributed by atoms with Crippen LogP contribution in [-0.2, 0) is 4.79 Å². The van der Waals surface area contributed by atoms with E-state index in [0.29, 0.717) is 5.78 Å². The average Bonchev–Trinajstić information content (AvgIpc) is 2.97. The van der Waals surface area contributed by atoms with Crippen LogP contribution in [0.4, 0.5) is 0 Å². The van der Waals surface area contributed by atoms with Gasteiger partial charge in [0, 0.05) is 25.2 Å². The van der Waals surface area contributed by atoms with E-state index in [1.807, 2.05) is 0 Å². The van der Waals surface area contributed by atoms with Gasteiger partial charge in [0.1, 0.15) is 5.78 Å². The van der Waals surface area contributed by atoms with Gasteiger partial charge >= 0.3 is 0 Å². The Bertz CT molecular complexity index is 555. The van der Waals surface area contributed by atoms with Gasteiger partial charge in [-0.15, -0.1) is 0 Å². The number of nitrogens with zero attached hydrogens (tertiary/aromatic N) is 2. The van der Waals surface area contributed by atoms with Gasteiger partial charge in [-0.2, -0.15) is 0 Å². The fraction of sp³-hybridized carbons (Fsp3) is 0.923. The fourth-order valence-corrected chi connectivity index (χ4v) is 6.10. The summed E-state index contributed by atoms with van der Waals surface area (Å²) in [6.45, 7) is 15.8. The Morgan fingerprint density at radius 3 is 1.14 bits per heavy atom. The zero-order chi connectivity index (χ0) is 30.9. The first kappa shape index (κ1) is 41.2. The number of hydrogen-bond acceptors (Lipinski definition) is 3. The van der Waals surface area contributed by atoms with Crippen molar-refractivity contribution in [1.29, 1.82) is 0 Å². The smallest absolute Gasteiger partial charge is 0.129 e. The topological polar surface area (TPSA) is 23.6 Å². The maximum atomic E-state index is 11.0. The predicted molar refractivity (Wildman–Crippen MR) is 190 cm³/mol. The Balaban J connectivity index is 4.01. The second-order valence-corrected chi connectivity index (χ2v) is 13.5. The lowest BCUT2D eigenvalue weighted by Crippen LogP contribution is -2.25. The van der Waals surface area contributed by atoms with Crippen molar-refractivity contribution in [2.75, 3.05) is 33.2 Å². The van der Waals surface area contributed by atoms with Crippen LogP contribution in [0.15, 0.2) is 12.3 Å². The molecular formula is C39H78N2O. The van der Waals surface area contributed by atoms with Gasteiger partial charge < -0.3 is 14.6 Å². The van der Waals surface area contributed by atoms with Crippen molar-refractivity contribution in [1.82, 2.24) is 9.80 Å². The zero-order valence-corrected chi connectivity index (χ0v) is 29.6. The molecule has 0 amide bonds. The van der Waals surface area contributed by atoms with Gasteiger partial charge in [0.25, 0.3) is 0 Å². The normalized spacial score (nSPS) is 11.5. The summed E-state index contributed by atoms with van der Waals surface area (Å²) >= 11 is 0. The number of carbonyl (C=O) groups excluding carboxylic acids is 1. The monoisotopic (exact) mass is 591 g/mol. The molecule has 0 N–H and O–H groups in total. The molecule has 0 aliphatic heterocycles. The second kappa shape index (κ2) is 33.1. The van der Waals surface area contributed by atoms with Crippen LogP contribution in [0.5, 0.6) is 0 Å². The lowest BCUT2D eigenvalue weighted by Gasteiger charge is -2.27. The molecule has 0 aromatic carbocycles. The van der Waals surface area contributed by atoms with Crippen molar-refractivity contribution >= 4 is 5.78 Å². The molecule has 0 saturated carbocycles. The number of allylic oxidation sites excluding steroid dienone is 1. The molecular weight excluding hydrogens is 512 g/mol. The highest BCUT2D eigenvalue weighted by atomic mass is 16.1. The SMILES string of the molecule is C=C(CCCCCCCN(C)CCCCCCCC(C)=O)N(CCCCCCCCCC)CCCCCCCCCC. The van der Waals surface area contributed by atoms with Crippen molar-refractivity contribution in [2.45, 2.75) is 201 Å². The summed E-state index contributed by atoms with van der Waals surface area (Å²) in [6, 6.07) is 0. The third-order valence-electron chi connectivity index (χ3n) is 9.08. The first-order valence-corrected chi connectivity index (χ1v) is 19.1. The van der Waals surface area contributed by atoms with Gasteiger partial charge in [0.05, 0.1) is 0 Å². The van der Waals surface area contributed by atoms with E-state index < -0.39 is 0 Å². The maximum absolute atomic E-state index is 11.0. The molecule has 0 bridgehead atoms. The Hall–Kier alpha value is -0.830. The van der Waals surface area contributed by atoms with Gasteiger partial charge in [-0.05, 0) is 72.0 Å². The molecule has 0 atom stereocenters. The van der Waals surface area contributed by atoms with Crippen LogP contribution >= 0.6 is 0 Å². The van der Waals surface area contributed by atoms with E-state index in [1.165, 1.54) is 199 Å². The van der Waals surface area contributed by atoms with E-state index in [2.05, 4.69) is 37.3 Å². The third-order valence-corrected chi connectivity index (χ3v) is 9.08. The van der Waals surface area contributed by atoms with Crippen molar-refractivity contribution in [2.24, 2.45) is 0 Å². The molecule has 42 heavy (non-hydrogen) atoms. The quantitative estimate of drug-likeness (QED) is 0.0686. The molecule has 3 heteroatoms. The second-order valence-electron chi connectivity index (χ2n) is 13.5. The minimum atomic E-state index is 0.338. The Morgan fingerprint density at radius 2 is 0.762 bits per heavy atom. The van der Waals surface area contributed by atoms with Crippen LogP contribution in [-0.4, -0.2) is 48.8 Å². The molecule has 0 saturated heterocycles. The van der Waals surface area contributed by atoms with E-state index in [0.717, 1.165) is 12.8 Å². The fourth-order valence-electron chi connectivity index (χ4n) is 6.10. The van der Waals surface area contributed by atoms with Crippen molar-refractivity contribution in [3.8, 4) is 0 Å². The summed E-state index contributed by atoms with van der Waals surface area (Å²) in [7, 11) is 2.28. The standard InChI is InChI=1S/C39H78N2O/c1-6-8-10-12-14-16-24-30-36-41(37-31-25-17-15-13-11-9-7-2)38(3)32-26-20-18-22-28-34-40(5)35-29-23-19-21-27-33-39(4)42/h3,6-37H2,1-2,4-5H3. The highest BCUT2D eigenvalue weighted by Crippen LogP contribution is 2.18. The number of ketones is 1. The average molecular weight is 591 g/mol. The predicted octanol–water partition coefficient (Wildman–Crippen LogP) is 12.3. The van der Waals surface area contributed by atoms with Gasteiger partial charge in [0.2, 0.25) is 0 Å². The van der Waals surface area contributed by atoms with Crippen LogP contribution < -0.4 is 0 Å². The highest BCUT2D eigenvalue weighted by molar-refractivity contribution is 5.75. The molecule has 0 fully saturated rings. The molecule has 250 valence electrons. The van der Waals surface area contributed by atoms with Crippen LogP contribution in [0, 0.1) is 0 Å². The first-order valence-electron chi connectivity index (χ1n) is 19.1. The summed E-state index contributed by atoms with van der Waals surface area (Å²) in [4.78, 5) is 16.2. The van der Waals surface area contributed by atoms with Gasteiger partial charge in [-0.3, -0.25) is 0 Å². The molecule has 0 aliphatic carbocycles. The van der Waals surface area contributed by atoms with E-state index >= 15 is 0 Å². The molecule has 0 aromatic rings. The van der Waals surface area contributed by atoms with Crippen molar-refractivity contribution < 1.29 is 4.79 Å². The molecule has 0 rings (SSSR count). The zero-order valence-electron chi connectivity index (χ0n) is 29.6. The summed E-state index contributed by atoms with van der Waals surface area (Å²) in [5.74, 6) is 0.338. The maximum Gasteiger partial charge on any atom is 0.129 e. The summed E-state index contributed by atoms with van der Waals surface area (Å²) < 4.78 is 0. The minimum absolute atomic E-state index is 0.338. The Kier molecular flexibility index (Phi) is 32.4. The summed E-state index contributed by atoms with van der Waals surface area (Å²) in [6.07, 6.45) is 37.3. The van der Waals surface area contributed by atoms with Crippen LogP contribution in [0.1, 0.15) is 201 Å². The number of hydrogen-bond donors (Lipinski definition) is 0. The Morgan fingerprint density at radius 1 is 0.452 bits per heavy atom. The number of unbranched alkanes of at least 4 members (excludes halogenated alkanes) is 22. The van der Waals surface area contributed by atoms with Gasteiger partial charge in [0.15, 0.2) is 0 Å². The molecule has 0 spiro atoms. The molecule has 3 nitrogen and oxygen atoms in total. The lowest BCUT2D eigenvalue weighted by molar-refractivity contribution is -0.117. The van der Waals surface area contributed by atoms with Crippen LogP contribution in [0.25, 0.3) is 0 Å². The first-order chi connectivity index (χ1) is 20.5. The number of rotatable bonds is 35. The highest BCUT2D eigenvalue weighted by Gasteiger charge is 2.08. The van der Waals surface area contributed by atoms with Gasteiger partial charge in [-0.1, -0.05) is 149 Å². The third kappa shape index (κ3) is 30.6. The summed E-state index contributed by atoms with van der Waals surface area (Å²) in [5.41, 5.74) is 1.42. The van der Waals surface area contributed by atoms with E-state index in [1.54, 1.807) is 6.92 Å². The Labute approximate surface area is 266 Å². The number of Topliss-reactive ketones (excluding diaryl/α,β-unsaturated/α-hetero) is 1. The van der Waals surface area contributed by atoms with Crippen molar-refractivity contribution in [3.63, 3.8) is 0 Å². The largest absolute Gasteiger partial charge is 0.375 e. The molecule has 0 unspecified atom stereocenters. The minimum Gasteiger partial charge on any atom is -0.375 e. The number of carbonyl (C=O) groups is 1. The van der Waals surface area contributed by atoms with Crippen LogP contribution in [0.3, 0.4) is 0 Å². The van der Waals surface area contributed by atoms with E-state index in [-0.39, 0.29) is 0 Å². The molecule has 0 aliphatic rings. The van der Waals surface area contributed by atoms with Gasteiger partial charge in [-0.25, -0.2) is 0 Å². The lowest BCUT2D eigenvalue weighted by atomic mass is 10.1.